The number of amides is 1. The molecule has 0 spiro atoms. The first kappa shape index (κ1) is 33.2. The van der Waals surface area contributed by atoms with E-state index >= 15 is 0 Å². The average molecular weight is 615 g/mol. The second-order valence-corrected chi connectivity index (χ2v) is 12.5. The number of nitrogens with zero attached hydrogens (tertiary/aromatic N) is 1. The molecule has 2 aromatic carbocycles. The summed E-state index contributed by atoms with van der Waals surface area (Å²) in [6.45, 7) is 8.72. The van der Waals surface area contributed by atoms with Gasteiger partial charge >= 0.3 is 5.97 Å². The van der Waals surface area contributed by atoms with E-state index in [-0.39, 0.29) is 23.8 Å². The van der Waals surface area contributed by atoms with Crippen LogP contribution >= 0.6 is 11.3 Å². The normalized spacial score (nSPS) is 15.1. The van der Waals surface area contributed by atoms with Gasteiger partial charge in [0, 0.05) is 11.5 Å². The molecule has 0 radical (unpaired) electrons. The van der Waals surface area contributed by atoms with E-state index in [0.29, 0.717) is 25.2 Å². The second-order valence-electron chi connectivity index (χ2n) is 11.5. The van der Waals surface area contributed by atoms with Gasteiger partial charge in [0.25, 0.3) is 0 Å². The van der Waals surface area contributed by atoms with Crippen LogP contribution in [0, 0.1) is 5.92 Å². The number of thiazole rings is 1. The highest BCUT2D eigenvalue weighted by Gasteiger charge is 2.27. The Hall–Kier alpha value is -3.71. The van der Waals surface area contributed by atoms with Crippen LogP contribution in [0.5, 0.6) is 5.75 Å². The lowest BCUT2D eigenvalue weighted by atomic mass is 9.88. The van der Waals surface area contributed by atoms with Crippen molar-refractivity contribution in [1.29, 1.82) is 0 Å². The van der Waals surface area contributed by atoms with Gasteiger partial charge in [-0.05, 0) is 87.4 Å². The zero-order chi connectivity index (χ0) is 31.3. The van der Waals surface area contributed by atoms with E-state index in [2.05, 4.69) is 36.5 Å². The summed E-state index contributed by atoms with van der Waals surface area (Å²) in [5, 5.41) is 4.26. The molecule has 1 aliphatic rings. The predicted octanol–water partition coefficient (Wildman–Crippen LogP) is 8.88. The Balaban J connectivity index is 1.68. The van der Waals surface area contributed by atoms with Gasteiger partial charge in [-0.2, -0.15) is 0 Å². The summed E-state index contributed by atoms with van der Waals surface area (Å²) in [5.41, 5.74) is 4.42. The number of rotatable bonds is 14. The van der Waals surface area contributed by atoms with Gasteiger partial charge in [0.1, 0.15) is 10.8 Å². The van der Waals surface area contributed by atoms with Gasteiger partial charge in [-0.25, -0.2) is 9.78 Å². The largest absolute Gasteiger partial charge is 0.494 e. The minimum atomic E-state index is -0.324. The highest BCUT2D eigenvalue weighted by Crippen LogP contribution is 2.36. The molecule has 1 saturated carbocycles. The molecule has 0 bridgehead atoms. The molecule has 1 fully saturated rings. The Morgan fingerprint density at radius 1 is 1.02 bits per heavy atom. The number of carbonyl (C=O) groups is 2. The molecule has 0 saturated heterocycles. The highest BCUT2D eigenvalue weighted by molar-refractivity contribution is 7.15. The predicted molar refractivity (Wildman–Crippen MR) is 180 cm³/mol. The third kappa shape index (κ3) is 9.65. The second kappa shape index (κ2) is 17.0. The maximum Gasteiger partial charge on any atom is 0.333 e. The van der Waals surface area contributed by atoms with Crippen LogP contribution in [-0.4, -0.2) is 30.1 Å². The average Bonchev–Trinajstić information content (AvgIpc) is 3.46. The lowest BCUT2D eigenvalue weighted by Crippen LogP contribution is -2.35. The summed E-state index contributed by atoms with van der Waals surface area (Å²) >= 11 is 1.61. The Bertz CT molecular complexity index is 1420. The van der Waals surface area contributed by atoms with Crippen LogP contribution in [0.25, 0.3) is 16.5 Å². The Kier molecular flexibility index (Phi) is 12.8. The van der Waals surface area contributed by atoms with Gasteiger partial charge in [-0.3, -0.25) is 4.79 Å². The number of nitrogens with one attached hydrogen (secondary N) is 1. The summed E-state index contributed by atoms with van der Waals surface area (Å²) < 4.78 is 11.0. The molecule has 1 aromatic heterocycles. The number of esters is 1. The van der Waals surface area contributed by atoms with E-state index < -0.39 is 0 Å². The molecule has 3 aromatic rings. The smallest absolute Gasteiger partial charge is 0.333 e. The standard InChI is InChI=1S/C37H46N2O4S/c1-5-7-22-43-31-20-18-28(19-21-31)25-33(38-35(40)30-16-12-9-13-17-30)36-39-32(34(44-36)29-14-10-8-11-15-29)24-26(3)23-27(4)37(41)42-6-2/h8,10-11,14-15,18-21,23-24,30,33H,5-7,9,12-13,16-17,22,25H2,1-4H3,(H,38,40)/b26-24+,27-23-/t33-/m0/s1. The number of ether oxygens (including phenoxy) is 2. The van der Waals surface area contributed by atoms with Crippen molar-refractivity contribution in [2.75, 3.05) is 13.2 Å². The van der Waals surface area contributed by atoms with Gasteiger partial charge in [-0.1, -0.05) is 75.1 Å². The first-order chi connectivity index (χ1) is 21.4. The monoisotopic (exact) mass is 614 g/mol. The lowest BCUT2D eigenvalue weighted by Gasteiger charge is -2.24. The third-order valence-corrected chi connectivity index (χ3v) is 9.07. The molecule has 1 amide bonds. The number of benzene rings is 2. The van der Waals surface area contributed by atoms with Crippen molar-refractivity contribution in [3.05, 3.63) is 88.1 Å². The van der Waals surface area contributed by atoms with Crippen LogP contribution in [0.2, 0.25) is 0 Å². The van der Waals surface area contributed by atoms with Crippen LogP contribution in [-0.2, 0) is 20.7 Å². The molecule has 6 nitrogen and oxygen atoms in total. The molecule has 234 valence electrons. The van der Waals surface area contributed by atoms with E-state index in [1.165, 1.54) is 6.42 Å². The molecular formula is C37H46N2O4S. The molecule has 0 unspecified atom stereocenters. The van der Waals surface area contributed by atoms with Crippen molar-refractivity contribution in [2.45, 2.75) is 85.1 Å². The van der Waals surface area contributed by atoms with Gasteiger partial charge in [0.2, 0.25) is 5.91 Å². The molecule has 0 aliphatic heterocycles. The third-order valence-electron chi connectivity index (χ3n) is 7.83. The number of hydrogen-bond donors (Lipinski definition) is 1. The summed E-state index contributed by atoms with van der Waals surface area (Å²) in [7, 11) is 0. The Morgan fingerprint density at radius 2 is 1.75 bits per heavy atom. The maximum absolute atomic E-state index is 13.5. The first-order valence-electron chi connectivity index (χ1n) is 16.0. The van der Waals surface area contributed by atoms with Crippen LogP contribution in [0.1, 0.15) is 94.9 Å². The van der Waals surface area contributed by atoms with E-state index in [1.54, 1.807) is 25.2 Å². The van der Waals surface area contributed by atoms with Gasteiger partial charge < -0.3 is 14.8 Å². The number of hydrogen-bond acceptors (Lipinski definition) is 6. The van der Waals surface area contributed by atoms with E-state index in [0.717, 1.165) is 76.6 Å². The fourth-order valence-corrected chi connectivity index (χ4v) is 6.54. The van der Waals surface area contributed by atoms with Gasteiger partial charge in [0.05, 0.1) is 29.8 Å². The van der Waals surface area contributed by atoms with Crippen LogP contribution in [0.15, 0.2) is 71.8 Å². The SMILES string of the molecule is CCCCOc1ccc(C[C@H](NC(=O)C2CCCCC2)c2nc(/C=C(C)/C=C(/C)C(=O)OCC)c(-c3ccccc3)s2)cc1. The van der Waals surface area contributed by atoms with Crippen LogP contribution < -0.4 is 10.1 Å². The van der Waals surface area contributed by atoms with Gasteiger partial charge in [-0.15, -0.1) is 11.3 Å². The first-order valence-corrected chi connectivity index (χ1v) is 16.8. The highest BCUT2D eigenvalue weighted by atomic mass is 32.1. The Labute approximate surface area is 266 Å². The lowest BCUT2D eigenvalue weighted by molar-refractivity contribution is -0.138. The molecule has 1 N–H and O–H groups in total. The van der Waals surface area contributed by atoms with Crippen molar-refractivity contribution >= 4 is 29.3 Å². The van der Waals surface area contributed by atoms with Gasteiger partial charge in [0.15, 0.2) is 0 Å². The molecule has 1 aliphatic carbocycles. The number of aromatic nitrogens is 1. The fraction of sp³-hybridized carbons (Fsp3) is 0.432. The minimum absolute atomic E-state index is 0.0479. The summed E-state index contributed by atoms with van der Waals surface area (Å²) in [5.74, 6) is 0.702. The summed E-state index contributed by atoms with van der Waals surface area (Å²) in [4.78, 5) is 31.9. The molecule has 1 heterocycles. The zero-order valence-electron chi connectivity index (χ0n) is 26.6. The number of unbranched alkanes of at least 4 members (excludes halogenated alkanes) is 1. The van der Waals surface area contributed by atoms with Crippen molar-refractivity contribution in [3.63, 3.8) is 0 Å². The van der Waals surface area contributed by atoms with E-state index in [9.17, 15) is 9.59 Å². The van der Waals surface area contributed by atoms with Crippen LogP contribution in [0.3, 0.4) is 0 Å². The molecule has 7 heteroatoms. The topological polar surface area (TPSA) is 77.5 Å². The maximum atomic E-state index is 13.5. The summed E-state index contributed by atoms with van der Waals surface area (Å²) in [6, 6.07) is 18.1. The zero-order valence-corrected chi connectivity index (χ0v) is 27.4. The minimum Gasteiger partial charge on any atom is -0.494 e. The fourth-order valence-electron chi connectivity index (χ4n) is 5.44. The van der Waals surface area contributed by atoms with Crippen LogP contribution in [0.4, 0.5) is 0 Å². The molecule has 44 heavy (non-hydrogen) atoms. The van der Waals surface area contributed by atoms with E-state index in [4.69, 9.17) is 14.5 Å². The number of carbonyl (C=O) groups excluding carboxylic acids is 2. The molecule has 1 atom stereocenters. The van der Waals surface area contributed by atoms with E-state index in [1.807, 2.05) is 49.4 Å². The number of allylic oxidation sites excluding steroid dienone is 2. The Morgan fingerprint density at radius 3 is 2.43 bits per heavy atom. The quantitative estimate of drug-likeness (QED) is 0.0849. The van der Waals surface area contributed by atoms with Crippen molar-refractivity contribution in [1.82, 2.24) is 10.3 Å². The van der Waals surface area contributed by atoms with Crippen molar-refractivity contribution in [2.24, 2.45) is 5.92 Å². The van der Waals surface area contributed by atoms with Crippen molar-refractivity contribution in [3.8, 4) is 16.2 Å². The molecular weight excluding hydrogens is 568 g/mol. The molecule has 4 rings (SSSR count). The summed E-state index contributed by atoms with van der Waals surface area (Å²) in [6.07, 6.45) is 11.9. The van der Waals surface area contributed by atoms with Crippen molar-refractivity contribution < 1.29 is 19.1 Å².